The van der Waals surface area contributed by atoms with Gasteiger partial charge in [0.05, 0.1) is 18.8 Å². The van der Waals surface area contributed by atoms with Crippen molar-refractivity contribution in [1.82, 2.24) is 15.5 Å². The summed E-state index contributed by atoms with van der Waals surface area (Å²) in [4.78, 5) is 18.6. The second-order valence-electron chi connectivity index (χ2n) is 7.52. The van der Waals surface area contributed by atoms with Crippen molar-refractivity contribution in [3.05, 3.63) is 0 Å². The van der Waals surface area contributed by atoms with E-state index in [1.807, 2.05) is 0 Å². The van der Waals surface area contributed by atoms with E-state index in [0.29, 0.717) is 12.1 Å². The number of nitrogens with one attached hydrogen (secondary N) is 2. The summed E-state index contributed by atoms with van der Waals surface area (Å²) in [6.45, 7) is 6.48. The van der Waals surface area contributed by atoms with E-state index >= 15 is 0 Å². The Bertz CT molecular complexity index is 474. The van der Waals surface area contributed by atoms with Gasteiger partial charge in [-0.05, 0) is 51.9 Å². The van der Waals surface area contributed by atoms with Crippen molar-refractivity contribution in [2.24, 2.45) is 4.99 Å². The molecule has 2 aliphatic heterocycles. The Balaban J connectivity index is 0.00000261. The molecule has 3 aliphatic rings. The Morgan fingerprint density at radius 2 is 1.96 bits per heavy atom. The van der Waals surface area contributed by atoms with Gasteiger partial charge >= 0.3 is 0 Å². The number of hydrogen-bond donors (Lipinski definition) is 2. The summed E-state index contributed by atoms with van der Waals surface area (Å²) in [5.74, 6) is 0.862. The molecule has 1 atom stereocenters. The van der Waals surface area contributed by atoms with Crippen LogP contribution in [0.25, 0.3) is 0 Å². The highest BCUT2D eigenvalue weighted by Crippen LogP contribution is 2.19. The smallest absolute Gasteiger partial charge is 0.242 e. The fourth-order valence-corrected chi connectivity index (χ4v) is 3.49. The molecule has 0 aromatic rings. The van der Waals surface area contributed by atoms with Crippen molar-refractivity contribution < 1.29 is 14.3 Å². The summed E-state index contributed by atoms with van der Waals surface area (Å²) in [6.07, 6.45) is 8.34. The summed E-state index contributed by atoms with van der Waals surface area (Å²) in [5.41, 5.74) is 0. The average molecular weight is 494 g/mol. The van der Waals surface area contributed by atoms with Crippen molar-refractivity contribution in [1.29, 1.82) is 0 Å². The van der Waals surface area contributed by atoms with Gasteiger partial charge in [-0.1, -0.05) is 0 Å². The number of rotatable bonds is 7. The molecular weight excluding hydrogens is 459 g/mol. The van der Waals surface area contributed by atoms with Crippen molar-refractivity contribution in [3.8, 4) is 0 Å². The number of carbonyl (C=O) groups excluding carboxylic acids is 1. The molecular formula is C19H35IN4O3. The molecule has 8 heteroatoms. The number of halogens is 1. The molecule has 0 bridgehead atoms. The second-order valence-corrected chi connectivity index (χ2v) is 7.52. The first kappa shape index (κ1) is 22.7. The number of carbonyl (C=O) groups is 1. The lowest BCUT2D eigenvalue weighted by molar-refractivity contribution is -0.119. The largest absolute Gasteiger partial charge is 0.376 e. The predicted octanol–water partition coefficient (Wildman–Crippen LogP) is 1.90. The highest BCUT2D eigenvalue weighted by Gasteiger charge is 2.25. The SMILES string of the molecule is CCNC(=NCC(=O)NC1CC1)N1CCC(OCC2CCCCO2)CC1.I. The molecule has 3 rings (SSSR count). The maximum atomic E-state index is 11.9. The quantitative estimate of drug-likeness (QED) is 0.321. The molecule has 2 saturated heterocycles. The highest BCUT2D eigenvalue weighted by molar-refractivity contribution is 14.0. The van der Waals surface area contributed by atoms with Gasteiger partial charge in [0.2, 0.25) is 5.91 Å². The molecule has 1 aliphatic carbocycles. The molecule has 0 aromatic carbocycles. The second kappa shape index (κ2) is 12.1. The van der Waals surface area contributed by atoms with Crippen LogP contribution in [0.15, 0.2) is 4.99 Å². The summed E-state index contributed by atoms with van der Waals surface area (Å²) >= 11 is 0. The zero-order chi connectivity index (χ0) is 18.2. The van der Waals surface area contributed by atoms with Gasteiger partial charge in [-0.2, -0.15) is 0 Å². The molecule has 0 radical (unpaired) electrons. The molecule has 1 saturated carbocycles. The fraction of sp³-hybridized carbons (Fsp3) is 0.895. The Kier molecular flexibility index (Phi) is 10.1. The predicted molar refractivity (Wildman–Crippen MR) is 117 cm³/mol. The van der Waals surface area contributed by atoms with Gasteiger partial charge in [0.25, 0.3) is 0 Å². The summed E-state index contributed by atoms with van der Waals surface area (Å²) in [7, 11) is 0. The molecule has 1 amide bonds. The van der Waals surface area contributed by atoms with Gasteiger partial charge in [-0.15, -0.1) is 24.0 Å². The number of hydrogen-bond acceptors (Lipinski definition) is 4. The highest BCUT2D eigenvalue weighted by atomic mass is 127. The third-order valence-electron chi connectivity index (χ3n) is 5.18. The zero-order valence-electron chi connectivity index (χ0n) is 16.5. The number of piperidine rings is 1. The lowest BCUT2D eigenvalue weighted by Crippen LogP contribution is -2.47. The lowest BCUT2D eigenvalue weighted by atomic mass is 10.1. The molecule has 2 heterocycles. The summed E-state index contributed by atoms with van der Waals surface area (Å²) in [6, 6.07) is 0.390. The standard InChI is InChI=1S/C19H34N4O3.HI/c1-2-20-19(21-13-18(24)22-15-6-7-15)23-10-8-16(9-11-23)26-14-17-5-3-4-12-25-17;/h15-17H,2-14H2,1H3,(H,20,21)(H,22,24);1H. The van der Waals surface area contributed by atoms with E-state index in [9.17, 15) is 4.79 Å². The first-order valence-corrected chi connectivity index (χ1v) is 10.3. The van der Waals surface area contributed by atoms with E-state index in [1.54, 1.807) is 0 Å². The van der Waals surface area contributed by atoms with Crippen molar-refractivity contribution in [2.75, 3.05) is 39.4 Å². The summed E-state index contributed by atoms with van der Waals surface area (Å²) in [5, 5.41) is 6.30. The van der Waals surface area contributed by atoms with Crippen LogP contribution in [0.3, 0.4) is 0 Å². The van der Waals surface area contributed by atoms with Crippen LogP contribution >= 0.6 is 24.0 Å². The van der Waals surface area contributed by atoms with E-state index in [-0.39, 0.29) is 42.5 Å². The zero-order valence-corrected chi connectivity index (χ0v) is 18.8. The number of ether oxygens (including phenoxy) is 2. The first-order valence-electron chi connectivity index (χ1n) is 10.3. The first-order chi connectivity index (χ1) is 12.7. The molecule has 156 valence electrons. The topological polar surface area (TPSA) is 75.2 Å². The van der Waals surface area contributed by atoms with E-state index in [0.717, 1.165) is 70.9 Å². The Hall–Kier alpha value is -0.610. The van der Waals surface area contributed by atoms with Crippen LogP contribution in [-0.2, 0) is 14.3 Å². The van der Waals surface area contributed by atoms with Crippen LogP contribution in [0.1, 0.15) is 51.9 Å². The van der Waals surface area contributed by atoms with E-state index < -0.39 is 0 Å². The number of guanidine groups is 1. The molecule has 7 nitrogen and oxygen atoms in total. The minimum atomic E-state index is 0. The van der Waals surface area contributed by atoms with Gasteiger partial charge in [0.1, 0.15) is 6.54 Å². The van der Waals surface area contributed by atoms with Crippen LogP contribution in [0.4, 0.5) is 0 Å². The third-order valence-corrected chi connectivity index (χ3v) is 5.18. The molecule has 3 fully saturated rings. The van der Waals surface area contributed by atoms with E-state index in [2.05, 4.69) is 27.4 Å². The number of amides is 1. The minimum absolute atomic E-state index is 0. The van der Waals surface area contributed by atoms with Crippen molar-refractivity contribution >= 4 is 35.8 Å². The third kappa shape index (κ3) is 8.11. The van der Waals surface area contributed by atoms with Gasteiger partial charge in [0.15, 0.2) is 5.96 Å². The van der Waals surface area contributed by atoms with Crippen LogP contribution in [0.2, 0.25) is 0 Å². The molecule has 0 aromatic heterocycles. The van der Waals surface area contributed by atoms with Gasteiger partial charge in [-0.25, -0.2) is 4.99 Å². The van der Waals surface area contributed by atoms with Crippen LogP contribution in [0, 0.1) is 0 Å². The van der Waals surface area contributed by atoms with Crippen LogP contribution in [0.5, 0.6) is 0 Å². The Labute approximate surface area is 180 Å². The van der Waals surface area contributed by atoms with E-state index in [1.165, 1.54) is 12.8 Å². The van der Waals surface area contributed by atoms with Gasteiger partial charge in [0, 0.05) is 32.3 Å². The number of nitrogens with zero attached hydrogens (tertiary/aromatic N) is 2. The monoisotopic (exact) mass is 494 g/mol. The lowest BCUT2D eigenvalue weighted by Gasteiger charge is -2.35. The van der Waals surface area contributed by atoms with Gasteiger partial charge in [-0.3, -0.25) is 4.79 Å². The molecule has 2 N–H and O–H groups in total. The Morgan fingerprint density at radius 3 is 2.59 bits per heavy atom. The number of aliphatic imine (C=N–C) groups is 1. The maximum Gasteiger partial charge on any atom is 0.242 e. The van der Waals surface area contributed by atoms with Crippen molar-refractivity contribution in [2.45, 2.75) is 70.1 Å². The minimum Gasteiger partial charge on any atom is -0.376 e. The molecule has 1 unspecified atom stereocenters. The number of likely N-dealkylation sites (tertiary alicyclic amines) is 1. The van der Waals surface area contributed by atoms with E-state index in [4.69, 9.17) is 9.47 Å². The summed E-state index contributed by atoms with van der Waals surface area (Å²) < 4.78 is 11.8. The van der Waals surface area contributed by atoms with Crippen LogP contribution in [-0.4, -0.2) is 74.4 Å². The van der Waals surface area contributed by atoms with Crippen LogP contribution < -0.4 is 10.6 Å². The normalized spacial score (nSPS) is 24.3. The Morgan fingerprint density at radius 1 is 1.19 bits per heavy atom. The fourth-order valence-electron chi connectivity index (χ4n) is 3.49. The van der Waals surface area contributed by atoms with Crippen molar-refractivity contribution in [3.63, 3.8) is 0 Å². The molecule has 27 heavy (non-hydrogen) atoms. The maximum absolute atomic E-state index is 11.9. The average Bonchev–Trinajstić information content (AvgIpc) is 3.49. The molecule has 0 spiro atoms. The van der Waals surface area contributed by atoms with Gasteiger partial charge < -0.3 is 25.0 Å².